The van der Waals surface area contributed by atoms with Gasteiger partial charge in [-0.1, -0.05) is 17.7 Å². The zero-order valence-corrected chi connectivity index (χ0v) is 7.49. The fourth-order valence-electron chi connectivity index (χ4n) is 1.35. The van der Waals surface area contributed by atoms with E-state index in [-0.39, 0.29) is 6.09 Å². The number of carbonyl (C=O) groups is 1. The smallest absolute Gasteiger partial charge is 0.414 e. The zero-order chi connectivity index (χ0) is 9.26. The summed E-state index contributed by atoms with van der Waals surface area (Å²) in [5, 5.41) is 0. The van der Waals surface area contributed by atoms with E-state index in [0.717, 1.165) is 5.69 Å². The number of rotatable bonds is 1. The molecule has 0 atom stereocenters. The van der Waals surface area contributed by atoms with Crippen molar-refractivity contribution >= 4 is 11.8 Å². The number of aryl methyl sites for hydroxylation is 1. The van der Waals surface area contributed by atoms with Gasteiger partial charge in [-0.2, -0.15) is 0 Å². The van der Waals surface area contributed by atoms with Gasteiger partial charge in [-0.3, -0.25) is 4.90 Å². The minimum atomic E-state index is -0.246. The second-order valence-electron chi connectivity index (χ2n) is 3.10. The summed E-state index contributed by atoms with van der Waals surface area (Å²) in [6.07, 6.45) is -0.246. The van der Waals surface area contributed by atoms with Crippen molar-refractivity contribution < 1.29 is 9.53 Å². The lowest BCUT2D eigenvalue weighted by Gasteiger charge is -2.12. The predicted molar refractivity (Wildman–Crippen MR) is 49.9 cm³/mol. The van der Waals surface area contributed by atoms with E-state index >= 15 is 0 Å². The molecule has 0 spiro atoms. The fourth-order valence-corrected chi connectivity index (χ4v) is 1.35. The average Bonchev–Trinajstić information content (AvgIpc) is 2.53. The number of hydrogen-bond donors (Lipinski definition) is 0. The zero-order valence-electron chi connectivity index (χ0n) is 7.49. The van der Waals surface area contributed by atoms with Gasteiger partial charge in [0.25, 0.3) is 0 Å². The van der Waals surface area contributed by atoms with Crippen molar-refractivity contribution in [1.29, 1.82) is 0 Å². The minimum absolute atomic E-state index is 0.246. The van der Waals surface area contributed by atoms with Crippen LogP contribution in [0.4, 0.5) is 10.5 Å². The largest absolute Gasteiger partial charge is 0.447 e. The Morgan fingerprint density at radius 1 is 1.31 bits per heavy atom. The molecule has 13 heavy (non-hydrogen) atoms. The highest BCUT2D eigenvalue weighted by Crippen LogP contribution is 2.18. The van der Waals surface area contributed by atoms with E-state index in [4.69, 9.17) is 4.74 Å². The van der Waals surface area contributed by atoms with Crippen LogP contribution in [-0.2, 0) is 4.74 Å². The number of benzene rings is 1. The Labute approximate surface area is 76.9 Å². The molecule has 0 aromatic heterocycles. The first-order valence-corrected chi connectivity index (χ1v) is 4.28. The molecule has 3 nitrogen and oxygen atoms in total. The Hall–Kier alpha value is -1.51. The number of amides is 1. The van der Waals surface area contributed by atoms with Crippen LogP contribution in [0.1, 0.15) is 5.56 Å². The number of nitrogens with zero attached hydrogens (tertiary/aromatic N) is 1. The SMILES string of the molecule is Cc1ccc(N2CCOC2=O)cc1. The van der Waals surface area contributed by atoms with Crippen molar-refractivity contribution in [3.63, 3.8) is 0 Å². The Balaban J connectivity index is 2.25. The normalized spacial score (nSPS) is 16.1. The third-order valence-electron chi connectivity index (χ3n) is 2.11. The molecule has 1 aromatic carbocycles. The first-order chi connectivity index (χ1) is 6.27. The molecule has 1 amide bonds. The van der Waals surface area contributed by atoms with Gasteiger partial charge in [0.1, 0.15) is 6.61 Å². The van der Waals surface area contributed by atoms with Crippen LogP contribution in [0.2, 0.25) is 0 Å². The Bertz CT molecular complexity index is 318. The monoisotopic (exact) mass is 177 g/mol. The van der Waals surface area contributed by atoms with Crippen LogP contribution in [0.3, 0.4) is 0 Å². The van der Waals surface area contributed by atoms with Crippen LogP contribution in [0.5, 0.6) is 0 Å². The quantitative estimate of drug-likeness (QED) is 0.656. The average molecular weight is 177 g/mol. The highest BCUT2D eigenvalue weighted by Gasteiger charge is 2.22. The summed E-state index contributed by atoms with van der Waals surface area (Å²) in [7, 11) is 0. The lowest BCUT2D eigenvalue weighted by molar-refractivity contribution is 0.181. The molecule has 0 aliphatic carbocycles. The standard InChI is InChI=1S/C10H11NO2/c1-8-2-4-9(5-3-8)11-6-7-13-10(11)12/h2-5H,6-7H2,1H3. The molecule has 2 rings (SSSR count). The van der Waals surface area contributed by atoms with Crippen molar-refractivity contribution in [2.45, 2.75) is 6.92 Å². The third-order valence-corrected chi connectivity index (χ3v) is 2.11. The van der Waals surface area contributed by atoms with Crippen molar-refractivity contribution in [1.82, 2.24) is 0 Å². The second-order valence-corrected chi connectivity index (χ2v) is 3.10. The summed E-state index contributed by atoms with van der Waals surface area (Å²) >= 11 is 0. The third kappa shape index (κ3) is 1.49. The molecule has 0 bridgehead atoms. The molecule has 0 unspecified atom stereocenters. The van der Waals surface area contributed by atoms with Gasteiger partial charge in [-0.25, -0.2) is 4.79 Å². The molecule has 0 N–H and O–H groups in total. The molecular weight excluding hydrogens is 166 g/mol. The molecule has 1 fully saturated rings. The molecule has 1 heterocycles. The fraction of sp³-hybridized carbons (Fsp3) is 0.300. The van der Waals surface area contributed by atoms with Gasteiger partial charge < -0.3 is 4.74 Å². The first-order valence-electron chi connectivity index (χ1n) is 4.28. The molecule has 1 saturated heterocycles. The highest BCUT2D eigenvalue weighted by molar-refractivity contribution is 5.89. The maximum atomic E-state index is 11.2. The predicted octanol–water partition coefficient (Wildman–Crippen LogP) is 1.95. The summed E-state index contributed by atoms with van der Waals surface area (Å²) < 4.78 is 4.84. The lowest BCUT2D eigenvalue weighted by atomic mass is 10.2. The topological polar surface area (TPSA) is 29.5 Å². The van der Waals surface area contributed by atoms with E-state index in [1.165, 1.54) is 5.56 Å². The minimum Gasteiger partial charge on any atom is -0.447 e. The highest BCUT2D eigenvalue weighted by atomic mass is 16.6. The summed E-state index contributed by atoms with van der Waals surface area (Å²) in [4.78, 5) is 12.8. The van der Waals surface area contributed by atoms with E-state index in [1.54, 1.807) is 4.90 Å². The van der Waals surface area contributed by atoms with Crippen LogP contribution in [-0.4, -0.2) is 19.2 Å². The summed E-state index contributed by atoms with van der Waals surface area (Å²) in [6.45, 7) is 3.17. The summed E-state index contributed by atoms with van der Waals surface area (Å²) in [5.41, 5.74) is 2.10. The molecule has 0 radical (unpaired) electrons. The number of ether oxygens (including phenoxy) is 1. The van der Waals surface area contributed by atoms with Crippen LogP contribution in [0.25, 0.3) is 0 Å². The van der Waals surface area contributed by atoms with Gasteiger partial charge in [0.15, 0.2) is 0 Å². The van der Waals surface area contributed by atoms with E-state index in [9.17, 15) is 4.79 Å². The van der Waals surface area contributed by atoms with Gasteiger partial charge in [-0.05, 0) is 19.1 Å². The Kier molecular flexibility index (Phi) is 1.93. The molecular formula is C10H11NO2. The van der Waals surface area contributed by atoms with Crippen LogP contribution in [0, 0.1) is 6.92 Å². The molecule has 1 aromatic rings. The van der Waals surface area contributed by atoms with Crippen molar-refractivity contribution in [2.75, 3.05) is 18.1 Å². The molecule has 1 aliphatic rings. The maximum Gasteiger partial charge on any atom is 0.414 e. The van der Waals surface area contributed by atoms with Crippen molar-refractivity contribution in [3.8, 4) is 0 Å². The summed E-state index contributed by atoms with van der Waals surface area (Å²) in [5.74, 6) is 0. The Morgan fingerprint density at radius 3 is 2.54 bits per heavy atom. The van der Waals surface area contributed by atoms with E-state index in [0.29, 0.717) is 13.2 Å². The Morgan fingerprint density at radius 2 is 2.00 bits per heavy atom. The van der Waals surface area contributed by atoms with Gasteiger partial charge >= 0.3 is 6.09 Å². The first kappa shape index (κ1) is 8.10. The molecule has 68 valence electrons. The van der Waals surface area contributed by atoms with Crippen LogP contribution < -0.4 is 4.90 Å². The summed E-state index contributed by atoms with van der Waals surface area (Å²) in [6, 6.07) is 7.84. The lowest BCUT2D eigenvalue weighted by Crippen LogP contribution is -2.23. The van der Waals surface area contributed by atoms with Gasteiger partial charge in [-0.15, -0.1) is 0 Å². The van der Waals surface area contributed by atoms with E-state index in [1.807, 2.05) is 31.2 Å². The van der Waals surface area contributed by atoms with Gasteiger partial charge in [0, 0.05) is 5.69 Å². The maximum absolute atomic E-state index is 11.2. The van der Waals surface area contributed by atoms with Crippen LogP contribution >= 0.6 is 0 Å². The van der Waals surface area contributed by atoms with Crippen molar-refractivity contribution in [2.24, 2.45) is 0 Å². The van der Waals surface area contributed by atoms with Crippen molar-refractivity contribution in [3.05, 3.63) is 29.8 Å². The number of hydrogen-bond acceptors (Lipinski definition) is 2. The molecule has 1 aliphatic heterocycles. The molecule has 0 saturated carbocycles. The van der Waals surface area contributed by atoms with E-state index < -0.39 is 0 Å². The van der Waals surface area contributed by atoms with Crippen LogP contribution in [0.15, 0.2) is 24.3 Å². The number of anilines is 1. The molecule has 3 heteroatoms. The van der Waals surface area contributed by atoms with Gasteiger partial charge in [0.05, 0.1) is 6.54 Å². The second kappa shape index (κ2) is 3.09. The number of carbonyl (C=O) groups excluding carboxylic acids is 1. The van der Waals surface area contributed by atoms with E-state index in [2.05, 4.69) is 0 Å². The van der Waals surface area contributed by atoms with Gasteiger partial charge in [0.2, 0.25) is 0 Å². The number of cyclic esters (lactones) is 1.